The van der Waals surface area contributed by atoms with Gasteiger partial charge in [-0.15, -0.1) is 0 Å². The SMILES string of the molecule is O=c1cc[nH]c2c1C(c1ccccc1)CC(c1ccccc1)C2. The number of rotatable bonds is 2. The third-order valence-electron chi connectivity index (χ3n) is 4.87. The predicted molar refractivity (Wildman–Crippen MR) is 92.9 cm³/mol. The first-order valence-corrected chi connectivity index (χ1v) is 8.13. The highest BCUT2D eigenvalue weighted by Crippen LogP contribution is 2.41. The van der Waals surface area contributed by atoms with Crippen LogP contribution in [-0.4, -0.2) is 4.98 Å². The van der Waals surface area contributed by atoms with Crippen LogP contribution in [0.15, 0.2) is 77.7 Å². The minimum atomic E-state index is 0.152. The topological polar surface area (TPSA) is 32.9 Å². The fourth-order valence-electron chi connectivity index (χ4n) is 3.78. The highest BCUT2D eigenvalue weighted by atomic mass is 16.1. The van der Waals surface area contributed by atoms with Gasteiger partial charge in [0, 0.05) is 29.4 Å². The van der Waals surface area contributed by atoms with Crippen LogP contribution in [0.4, 0.5) is 0 Å². The molecule has 2 heteroatoms. The second-order valence-corrected chi connectivity index (χ2v) is 6.24. The minimum Gasteiger partial charge on any atom is -0.364 e. The summed E-state index contributed by atoms with van der Waals surface area (Å²) < 4.78 is 0. The van der Waals surface area contributed by atoms with E-state index in [9.17, 15) is 4.79 Å². The van der Waals surface area contributed by atoms with Crippen molar-refractivity contribution >= 4 is 0 Å². The molecule has 1 aliphatic carbocycles. The zero-order valence-corrected chi connectivity index (χ0v) is 12.9. The average Bonchev–Trinajstić information content (AvgIpc) is 2.62. The van der Waals surface area contributed by atoms with Crippen LogP contribution < -0.4 is 5.43 Å². The van der Waals surface area contributed by atoms with Gasteiger partial charge in [-0.2, -0.15) is 0 Å². The monoisotopic (exact) mass is 301 g/mol. The van der Waals surface area contributed by atoms with Crippen molar-refractivity contribution in [1.29, 1.82) is 0 Å². The predicted octanol–water partition coefficient (Wildman–Crippen LogP) is 4.24. The van der Waals surface area contributed by atoms with Crippen molar-refractivity contribution in [2.24, 2.45) is 0 Å². The average molecular weight is 301 g/mol. The maximum atomic E-state index is 12.5. The number of pyridine rings is 1. The Morgan fingerprint density at radius 1 is 0.826 bits per heavy atom. The van der Waals surface area contributed by atoms with Crippen LogP contribution in [0, 0.1) is 0 Å². The summed E-state index contributed by atoms with van der Waals surface area (Å²) >= 11 is 0. The van der Waals surface area contributed by atoms with Gasteiger partial charge >= 0.3 is 0 Å². The van der Waals surface area contributed by atoms with E-state index in [-0.39, 0.29) is 11.3 Å². The molecule has 1 aromatic heterocycles. The largest absolute Gasteiger partial charge is 0.364 e. The molecule has 0 aliphatic heterocycles. The number of hydrogen-bond donors (Lipinski definition) is 1. The van der Waals surface area contributed by atoms with Crippen LogP contribution in [0.3, 0.4) is 0 Å². The molecule has 4 rings (SSSR count). The quantitative estimate of drug-likeness (QED) is 0.754. The Labute approximate surface area is 135 Å². The molecule has 2 atom stereocenters. The maximum absolute atomic E-state index is 12.5. The molecule has 0 radical (unpaired) electrons. The number of benzene rings is 2. The fourth-order valence-corrected chi connectivity index (χ4v) is 3.78. The first kappa shape index (κ1) is 14.0. The van der Waals surface area contributed by atoms with Gasteiger partial charge in [-0.1, -0.05) is 60.7 Å². The summed E-state index contributed by atoms with van der Waals surface area (Å²) in [6, 6.07) is 22.7. The van der Waals surface area contributed by atoms with Gasteiger partial charge in [0.1, 0.15) is 0 Å². The number of fused-ring (bicyclic) bond motifs is 1. The Kier molecular flexibility index (Phi) is 3.58. The second-order valence-electron chi connectivity index (χ2n) is 6.24. The standard InChI is InChI=1S/C21H19NO/c23-20-11-12-22-19-14-17(15-7-3-1-4-8-15)13-18(21(19)20)16-9-5-2-6-10-16/h1-12,17-18H,13-14H2,(H,22,23). The van der Waals surface area contributed by atoms with E-state index in [4.69, 9.17) is 0 Å². The molecule has 3 aromatic rings. The Morgan fingerprint density at radius 2 is 1.48 bits per heavy atom. The molecule has 0 saturated carbocycles. The number of hydrogen-bond acceptors (Lipinski definition) is 1. The van der Waals surface area contributed by atoms with Crippen molar-refractivity contribution in [3.8, 4) is 0 Å². The first-order valence-electron chi connectivity index (χ1n) is 8.13. The van der Waals surface area contributed by atoms with Crippen LogP contribution >= 0.6 is 0 Å². The highest BCUT2D eigenvalue weighted by Gasteiger charge is 2.31. The number of H-pyrrole nitrogens is 1. The Morgan fingerprint density at radius 3 is 2.17 bits per heavy atom. The van der Waals surface area contributed by atoms with Crippen molar-refractivity contribution in [2.45, 2.75) is 24.7 Å². The van der Waals surface area contributed by atoms with E-state index < -0.39 is 0 Å². The van der Waals surface area contributed by atoms with Crippen molar-refractivity contribution in [3.05, 3.63) is 106 Å². The Hall–Kier alpha value is -2.61. The molecule has 1 aliphatic rings. The lowest BCUT2D eigenvalue weighted by Gasteiger charge is -2.31. The molecule has 2 nitrogen and oxygen atoms in total. The number of aromatic amines is 1. The molecule has 0 saturated heterocycles. The van der Waals surface area contributed by atoms with Crippen LogP contribution in [0.25, 0.3) is 0 Å². The lowest BCUT2D eigenvalue weighted by Crippen LogP contribution is -2.26. The van der Waals surface area contributed by atoms with Crippen molar-refractivity contribution in [3.63, 3.8) is 0 Å². The number of aromatic nitrogens is 1. The Balaban J connectivity index is 1.83. The van der Waals surface area contributed by atoms with E-state index in [1.165, 1.54) is 11.1 Å². The van der Waals surface area contributed by atoms with E-state index in [0.717, 1.165) is 24.1 Å². The lowest BCUT2D eigenvalue weighted by molar-refractivity contribution is 0.524. The summed E-state index contributed by atoms with van der Waals surface area (Å²) in [6.45, 7) is 0. The van der Waals surface area contributed by atoms with Gasteiger partial charge in [0.05, 0.1) is 0 Å². The summed E-state index contributed by atoms with van der Waals surface area (Å²) in [6.07, 6.45) is 3.66. The third-order valence-corrected chi connectivity index (χ3v) is 4.87. The van der Waals surface area contributed by atoms with E-state index in [1.54, 1.807) is 12.3 Å². The number of nitrogens with one attached hydrogen (secondary N) is 1. The zero-order valence-electron chi connectivity index (χ0n) is 12.9. The van der Waals surface area contributed by atoms with Crippen LogP contribution in [-0.2, 0) is 6.42 Å². The first-order chi connectivity index (χ1) is 11.3. The highest BCUT2D eigenvalue weighted by molar-refractivity contribution is 5.39. The van der Waals surface area contributed by atoms with Crippen molar-refractivity contribution in [1.82, 2.24) is 4.98 Å². The maximum Gasteiger partial charge on any atom is 0.185 e. The molecule has 1 N–H and O–H groups in total. The molecule has 1 heterocycles. The van der Waals surface area contributed by atoms with Crippen LogP contribution in [0.1, 0.15) is 40.6 Å². The summed E-state index contributed by atoms with van der Waals surface area (Å²) in [5, 5.41) is 0. The van der Waals surface area contributed by atoms with Gasteiger partial charge in [-0.05, 0) is 29.9 Å². The van der Waals surface area contributed by atoms with E-state index >= 15 is 0 Å². The van der Waals surface area contributed by atoms with E-state index in [0.29, 0.717) is 5.92 Å². The molecule has 23 heavy (non-hydrogen) atoms. The molecule has 0 amide bonds. The van der Waals surface area contributed by atoms with Gasteiger partial charge in [-0.25, -0.2) is 0 Å². The summed E-state index contributed by atoms with van der Waals surface area (Å²) in [7, 11) is 0. The van der Waals surface area contributed by atoms with Gasteiger partial charge in [0.15, 0.2) is 5.43 Å². The van der Waals surface area contributed by atoms with Gasteiger partial charge < -0.3 is 4.98 Å². The molecular formula is C21H19NO. The van der Waals surface area contributed by atoms with Gasteiger partial charge in [0.2, 0.25) is 0 Å². The van der Waals surface area contributed by atoms with Crippen molar-refractivity contribution in [2.75, 3.05) is 0 Å². The smallest absolute Gasteiger partial charge is 0.185 e. The van der Waals surface area contributed by atoms with Crippen molar-refractivity contribution < 1.29 is 0 Å². The summed E-state index contributed by atoms with van der Waals surface area (Å²) in [4.78, 5) is 15.8. The minimum absolute atomic E-state index is 0.152. The normalized spacial score (nSPS) is 20.0. The molecule has 0 fully saturated rings. The molecule has 114 valence electrons. The lowest BCUT2D eigenvalue weighted by atomic mass is 9.73. The molecule has 2 unspecified atom stereocenters. The van der Waals surface area contributed by atoms with Crippen LogP contribution in [0.5, 0.6) is 0 Å². The fraction of sp³-hybridized carbons (Fsp3) is 0.190. The van der Waals surface area contributed by atoms with E-state index in [2.05, 4.69) is 59.6 Å². The molecule has 2 aromatic carbocycles. The summed E-state index contributed by atoms with van der Waals surface area (Å²) in [5.41, 5.74) is 4.77. The van der Waals surface area contributed by atoms with E-state index in [1.807, 2.05) is 6.07 Å². The molecule has 0 bridgehead atoms. The van der Waals surface area contributed by atoms with Gasteiger partial charge in [-0.3, -0.25) is 4.79 Å². The summed E-state index contributed by atoms with van der Waals surface area (Å²) in [5.74, 6) is 0.599. The van der Waals surface area contributed by atoms with Crippen LogP contribution in [0.2, 0.25) is 0 Å². The third kappa shape index (κ3) is 2.61. The zero-order chi connectivity index (χ0) is 15.6. The molecular weight excluding hydrogens is 282 g/mol. The molecule has 0 spiro atoms. The second kappa shape index (κ2) is 5.88. The Bertz CT molecular complexity index is 852. The van der Waals surface area contributed by atoms with Gasteiger partial charge in [0.25, 0.3) is 0 Å².